The lowest BCUT2D eigenvalue weighted by Gasteiger charge is -2.10. The lowest BCUT2D eigenvalue weighted by molar-refractivity contribution is -0.118. The summed E-state index contributed by atoms with van der Waals surface area (Å²) in [5.41, 5.74) is 2.03. The highest BCUT2D eigenvalue weighted by molar-refractivity contribution is 6.30. The molecule has 26 heavy (non-hydrogen) atoms. The molecule has 0 bridgehead atoms. The molecule has 2 aromatic rings. The number of ether oxygens (including phenoxy) is 1. The SMILES string of the molecule is CCCCNC(=O)c1ccc(NC(=O)COc2ccc(Cl)cc2C)cc1. The molecule has 0 saturated heterocycles. The number of unbranched alkanes of at least 4 members (excludes halogenated alkanes) is 1. The summed E-state index contributed by atoms with van der Waals surface area (Å²) in [6.45, 7) is 4.49. The van der Waals surface area contributed by atoms with Crippen LogP contribution in [-0.4, -0.2) is 25.0 Å². The first-order valence-corrected chi connectivity index (χ1v) is 8.94. The van der Waals surface area contributed by atoms with Crippen molar-refractivity contribution in [1.82, 2.24) is 5.32 Å². The average Bonchev–Trinajstić information content (AvgIpc) is 2.61. The number of anilines is 1. The number of halogens is 1. The van der Waals surface area contributed by atoms with Crippen LogP contribution in [0.3, 0.4) is 0 Å². The molecule has 138 valence electrons. The van der Waals surface area contributed by atoms with Gasteiger partial charge in [-0.3, -0.25) is 9.59 Å². The molecule has 0 aliphatic heterocycles. The number of hydrogen-bond donors (Lipinski definition) is 2. The summed E-state index contributed by atoms with van der Waals surface area (Å²) in [5, 5.41) is 6.22. The second-order valence-corrected chi connectivity index (χ2v) is 6.37. The number of carbonyl (C=O) groups excluding carboxylic acids is 2. The Labute approximate surface area is 158 Å². The van der Waals surface area contributed by atoms with Crippen LogP contribution in [0, 0.1) is 6.92 Å². The van der Waals surface area contributed by atoms with Crippen LogP contribution in [-0.2, 0) is 4.79 Å². The van der Waals surface area contributed by atoms with E-state index in [1.165, 1.54) is 0 Å². The van der Waals surface area contributed by atoms with Crippen molar-refractivity contribution in [3.05, 3.63) is 58.6 Å². The summed E-state index contributed by atoms with van der Waals surface area (Å²) < 4.78 is 5.51. The van der Waals surface area contributed by atoms with E-state index in [2.05, 4.69) is 17.6 Å². The number of amides is 2. The fraction of sp³-hybridized carbons (Fsp3) is 0.300. The van der Waals surface area contributed by atoms with E-state index in [1.807, 2.05) is 6.92 Å². The maximum atomic E-state index is 12.0. The summed E-state index contributed by atoms with van der Waals surface area (Å²) >= 11 is 5.89. The zero-order chi connectivity index (χ0) is 18.9. The number of benzene rings is 2. The van der Waals surface area contributed by atoms with Crippen LogP contribution in [0.25, 0.3) is 0 Å². The molecule has 0 aromatic heterocycles. The van der Waals surface area contributed by atoms with Crippen molar-refractivity contribution < 1.29 is 14.3 Å². The van der Waals surface area contributed by atoms with E-state index in [0.29, 0.717) is 28.6 Å². The predicted molar refractivity (Wildman–Crippen MR) is 104 cm³/mol. The van der Waals surface area contributed by atoms with Gasteiger partial charge < -0.3 is 15.4 Å². The number of nitrogens with one attached hydrogen (secondary N) is 2. The van der Waals surface area contributed by atoms with E-state index in [0.717, 1.165) is 18.4 Å². The predicted octanol–water partition coefficient (Wildman–Crippen LogP) is 4.20. The number of carbonyl (C=O) groups is 2. The molecule has 0 radical (unpaired) electrons. The third-order valence-electron chi connectivity index (χ3n) is 3.74. The lowest BCUT2D eigenvalue weighted by Crippen LogP contribution is -2.24. The van der Waals surface area contributed by atoms with Gasteiger partial charge in [0, 0.05) is 22.8 Å². The standard InChI is InChI=1S/C20H23ClN2O3/c1-3-4-11-22-20(25)15-5-8-17(9-6-15)23-19(24)13-26-18-10-7-16(21)12-14(18)2/h5-10,12H,3-4,11,13H2,1-2H3,(H,22,25)(H,23,24). The Morgan fingerprint density at radius 1 is 1.12 bits per heavy atom. The van der Waals surface area contributed by atoms with Crippen molar-refractivity contribution in [2.75, 3.05) is 18.5 Å². The molecule has 5 nitrogen and oxygen atoms in total. The first-order valence-electron chi connectivity index (χ1n) is 8.56. The summed E-state index contributed by atoms with van der Waals surface area (Å²) in [7, 11) is 0. The van der Waals surface area contributed by atoms with Crippen LogP contribution in [0.2, 0.25) is 5.02 Å². The van der Waals surface area contributed by atoms with Crippen molar-refractivity contribution in [3.63, 3.8) is 0 Å². The maximum absolute atomic E-state index is 12.0. The monoisotopic (exact) mass is 374 g/mol. The third-order valence-corrected chi connectivity index (χ3v) is 3.98. The fourth-order valence-corrected chi connectivity index (χ4v) is 2.53. The van der Waals surface area contributed by atoms with E-state index in [-0.39, 0.29) is 18.4 Å². The summed E-state index contributed by atoms with van der Waals surface area (Å²) in [6, 6.07) is 12.0. The van der Waals surface area contributed by atoms with Crippen LogP contribution >= 0.6 is 11.6 Å². The van der Waals surface area contributed by atoms with Gasteiger partial charge in [-0.15, -0.1) is 0 Å². The molecule has 2 amide bonds. The van der Waals surface area contributed by atoms with Gasteiger partial charge in [-0.1, -0.05) is 24.9 Å². The normalized spacial score (nSPS) is 10.3. The first kappa shape index (κ1) is 19.8. The van der Waals surface area contributed by atoms with Gasteiger partial charge in [-0.2, -0.15) is 0 Å². The maximum Gasteiger partial charge on any atom is 0.262 e. The highest BCUT2D eigenvalue weighted by atomic mass is 35.5. The van der Waals surface area contributed by atoms with Crippen molar-refractivity contribution in [3.8, 4) is 5.75 Å². The molecule has 0 aliphatic rings. The Bertz CT molecular complexity index is 760. The lowest BCUT2D eigenvalue weighted by atomic mass is 10.2. The second kappa shape index (κ2) is 9.82. The fourth-order valence-electron chi connectivity index (χ4n) is 2.30. The van der Waals surface area contributed by atoms with Gasteiger partial charge in [0.15, 0.2) is 6.61 Å². The Hall–Kier alpha value is -2.53. The molecular weight excluding hydrogens is 352 g/mol. The topological polar surface area (TPSA) is 67.4 Å². The molecule has 2 aromatic carbocycles. The van der Waals surface area contributed by atoms with Gasteiger partial charge in [0.2, 0.25) is 0 Å². The van der Waals surface area contributed by atoms with Gasteiger partial charge in [0.05, 0.1) is 0 Å². The second-order valence-electron chi connectivity index (χ2n) is 5.93. The molecule has 2 N–H and O–H groups in total. The van der Waals surface area contributed by atoms with Crippen molar-refractivity contribution in [2.45, 2.75) is 26.7 Å². The van der Waals surface area contributed by atoms with E-state index >= 15 is 0 Å². The van der Waals surface area contributed by atoms with E-state index in [1.54, 1.807) is 42.5 Å². The van der Waals surface area contributed by atoms with Crippen molar-refractivity contribution in [2.24, 2.45) is 0 Å². The number of rotatable bonds is 8. The van der Waals surface area contributed by atoms with E-state index in [4.69, 9.17) is 16.3 Å². The first-order chi connectivity index (χ1) is 12.5. The smallest absolute Gasteiger partial charge is 0.262 e. The Morgan fingerprint density at radius 2 is 1.85 bits per heavy atom. The van der Waals surface area contributed by atoms with Crippen LogP contribution in [0.15, 0.2) is 42.5 Å². The molecule has 0 heterocycles. The third kappa shape index (κ3) is 6.08. The van der Waals surface area contributed by atoms with Crippen molar-refractivity contribution >= 4 is 29.1 Å². The van der Waals surface area contributed by atoms with Crippen LogP contribution in [0.5, 0.6) is 5.75 Å². The zero-order valence-corrected chi connectivity index (χ0v) is 15.7. The Kier molecular flexibility index (Phi) is 7.48. The van der Waals surface area contributed by atoms with Gasteiger partial charge in [-0.05, 0) is 61.4 Å². The van der Waals surface area contributed by atoms with Crippen LogP contribution in [0.4, 0.5) is 5.69 Å². The molecule has 0 fully saturated rings. The van der Waals surface area contributed by atoms with Gasteiger partial charge in [-0.25, -0.2) is 0 Å². The Balaban J connectivity index is 1.84. The zero-order valence-electron chi connectivity index (χ0n) is 15.0. The number of hydrogen-bond acceptors (Lipinski definition) is 3. The minimum absolute atomic E-state index is 0.109. The molecule has 0 aliphatic carbocycles. The molecule has 6 heteroatoms. The highest BCUT2D eigenvalue weighted by Crippen LogP contribution is 2.21. The Morgan fingerprint density at radius 3 is 2.50 bits per heavy atom. The van der Waals surface area contributed by atoms with Crippen LogP contribution < -0.4 is 15.4 Å². The molecule has 0 atom stereocenters. The van der Waals surface area contributed by atoms with Crippen LogP contribution in [0.1, 0.15) is 35.7 Å². The van der Waals surface area contributed by atoms with Gasteiger partial charge >= 0.3 is 0 Å². The quantitative estimate of drug-likeness (QED) is 0.680. The molecular formula is C20H23ClN2O3. The van der Waals surface area contributed by atoms with Gasteiger partial charge in [0.1, 0.15) is 5.75 Å². The van der Waals surface area contributed by atoms with E-state index < -0.39 is 0 Å². The minimum atomic E-state index is -0.278. The molecule has 0 saturated carbocycles. The highest BCUT2D eigenvalue weighted by Gasteiger charge is 2.08. The number of aryl methyl sites for hydroxylation is 1. The largest absolute Gasteiger partial charge is 0.483 e. The summed E-state index contributed by atoms with van der Waals surface area (Å²) in [4.78, 5) is 24.0. The van der Waals surface area contributed by atoms with Gasteiger partial charge in [0.25, 0.3) is 11.8 Å². The van der Waals surface area contributed by atoms with Crippen molar-refractivity contribution in [1.29, 1.82) is 0 Å². The van der Waals surface area contributed by atoms with E-state index in [9.17, 15) is 9.59 Å². The summed E-state index contributed by atoms with van der Waals surface area (Å²) in [6.07, 6.45) is 1.98. The molecule has 0 unspecified atom stereocenters. The average molecular weight is 375 g/mol. The minimum Gasteiger partial charge on any atom is -0.483 e. The summed E-state index contributed by atoms with van der Waals surface area (Å²) in [5.74, 6) is 0.223. The molecule has 0 spiro atoms. The molecule has 2 rings (SSSR count).